The Bertz CT molecular complexity index is 1510. The number of carboxylic acids is 1. The van der Waals surface area contributed by atoms with Crippen molar-refractivity contribution in [2.45, 2.75) is 64.0 Å². The molecule has 3 aromatic rings. The van der Waals surface area contributed by atoms with E-state index in [9.17, 15) is 24.3 Å². The molecule has 4 rings (SSSR count). The van der Waals surface area contributed by atoms with Gasteiger partial charge in [0.25, 0.3) is 5.91 Å². The van der Waals surface area contributed by atoms with Gasteiger partial charge < -0.3 is 20.5 Å². The van der Waals surface area contributed by atoms with Crippen LogP contribution in [0, 0.1) is 11.3 Å². The van der Waals surface area contributed by atoms with Crippen LogP contribution in [-0.4, -0.2) is 40.7 Å². The van der Waals surface area contributed by atoms with Gasteiger partial charge in [-0.1, -0.05) is 39.0 Å². The van der Waals surface area contributed by atoms with Gasteiger partial charge in [0.1, 0.15) is 5.00 Å². The van der Waals surface area contributed by atoms with E-state index in [-0.39, 0.29) is 29.1 Å². The summed E-state index contributed by atoms with van der Waals surface area (Å²) >= 11 is 2.78. The zero-order chi connectivity index (χ0) is 30.6. The van der Waals surface area contributed by atoms with Crippen molar-refractivity contribution in [3.8, 4) is 0 Å². The molecule has 8 nitrogen and oxygen atoms in total. The van der Waals surface area contributed by atoms with Crippen molar-refractivity contribution in [3.63, 3.8) is 0 Å². The minimum atomic E-state index is -1.18. The van der Waals surface area contributed by atoms with Crippen molar-refractivity contribution >= 4 is 57.5 Å². The number of aromatic carboxylic acids is 1. The van der Waals surface area contributed by atoms with E-state index >= 15 is 0 Å². The lowest BCUT2D eigenvalue weighted by Gasteiger charge is -2.33. The van der Waals surface area contributed by atoms with Crippen molar-refractivity contribution in [2.75, 3.05) is 17.2 Å². The first-order valence-electron chi connectivity index (χ1n) is 13.9. The highest BCUT2D eigenvalue weighted by Gasteiger charge is 2.35. The molecule has 0 bridgehead atoms. The molecule has 0 aliphatic heterocycles. The smallest absolute Gasteiger partial charge is 0.341 e. The molecule has 0 saturated heterocycles. The molecule has 1 aromatic heterocycles. The molecular formula is C32H36N2O6S2. The van der Waals surface area contributed by atoms with Crippen LogP contribution in [0.3, 0.4) is 0 Å². The average molecular weight is 609 g/mol. The highest BCUT2D eigenvalue weighted by atomic mass is 32.2. The lowest BCUT2D eigenvalue weighted by molar-refractivity contribution is -0.115. The fourth-order valence-electron chi connectivity index (χ4n) is 5.02. The second-order valence-corrected chi connectivity index (χ2v) is 13.8. The van der Waals surface area contributed by atoms with Crippen LogP contribution in [-0.2, 0) is 22.4 Å². The van der Waals surface area contributed by atoms with Gasteiger partial charge in [-0.25, -0.2) is 9.59 Å². The Labute approximate surface area is 254 Å². The van der Waals surface area contributed by atoms with Crippen molar-refractivity contribution in [1.29, 1.82) is 0 Å². The maximum Gasteiger partial charge on any atom is 0.341 e. The van der Waals surface area contributed by atoms with Gasteiger partial charge in [-0.15, -0.1) is 23.1 Å². The number of esters is 1. The molecule has 0 saturated carbocycles. The lowest BCUT2D eigenvalue weighted by Crippen LogP contribution is -2.27. The highest BCUT2D eigenvalue weighted by molar-refractivity contribution is 8.00. The number of thiophene rings is 1. The number of anilines is 2. The normalized spacial score (nSPS) is 15.3. The van der Waals surface area contributed by atoms with Gasteiger partial charge in [0.15, 0.2) is 0 Å². The van der Waals surface area contributed by atoms with Gasteiger partial charge >= 0.3 is 11.9 Å². The third kappa shape index (κ3) is 7.22. The van der Waals surface area contributed by atoms with Crippen LogP contribution in [0.1, 0.15) is 82.6 Å². The van der Waals surface area contributed by atoms with Crippen molar-refractivity contribution < 1.29 is 29.0 Å². The molecule has 0 fully saturated rings. The number of ether oxygens (including phenoxy) is 1. The predicted molar refractivity (Wildman–Crippen MR) is 167 cm³/mol. The van der Waals surface area contributed by atoms with E-state index in [1.807, 2.05) is 6.07 Å². The van der Waals surface area contributed by atoms with E-state index in [0.29, 0.717) is 22.2 Å². The average Bonchev–Trinajstić information content (AvgIpc) is 3.30. The number of amides is 2. The topological polar surface area (TPSA) is 122 Å². The van der Waals surface area contributed by atoms with Crippen molar-refractivity contribution in [1.82, 2.24) is 0 Å². The molecule has 42 heavy (non-hydrogen) atoms. The van der Waals surface area contributed by atoms with Gasteiger partial charge in [0.2, 0.25) is 5.91 Å². The molecule has 2 unspecified atom stereocenters. The highest BCUT2D eigenvalue weighted by Crippen LogP contribution is 2.44. The Balaban J connectivity index is 1.48. The van der Waals surface area contributed by atoms with E-state index in [0.717, 1.165) is 34.6 Å². The first-order valence-corrected chi connectivity index (χ1v) is 15.6. The van der Waals surface area contributed by atoms with Crippen LogP contribution in [0.25, 0.3) is 0 Å². The standard InChI is InChI=1S/C32H36N2O6S2/c1-6-40-31(39)26-24-15-14-19(32(3,4)5)16-25(24)42-29(26)34-27(35)18(2)41-21-11-9-10-20(17-21)33-28(36)22-12-7-8-13-23(22)30(37)38/h7-13,17-19H,6,14-16H2,1-5H3,(H,33,36)(H,34,35)(H,37,38). The minimum Gasteiger partial charge on any atom is -0.478 e. The number of thioether (sulfide) groups is 1. The molecule has 3 N–H and O–H groups in total. The van der Waals surface area contributed by atoms with Crippen LogP contribution in [0.15, 0.2) is 53.4 Å². The van der Waals surface area contributed by atoms with Crippen LogP contribution in [0.4, 0.5) is 10.7 Å². The van der Waals surface area contributed by atoms with Crippen LogP contribution in [0.5, 0.6) is 0 Å². The van der Waals surface area contributed by atoms with Crippen LogP contribution in [0.2, 0.25) is 0 Å². The van der Waals surface area contributed by atoms with E-state index in [1.54, 1.807) is 44.2 Å². The first kappa shape index (κ1) is 31.3. The number of hydrogen-bond donors (Lipinski definition) is 3. The molecule has 1 aliphatic rings. The summed E-state index contributed by atoms with van der Waals surface area (Å²) in [6, 6.07) is 13.0. The number of carbonyl (C=O) groups excluding carboxylic acids is 3. The second-order valence-electron chi connectivity index (χ2n) is 11.3. The fraction of sp³-hybridized carbons (Fsp3) is 0.375. The molecule has 1 heterocycles. The summed E-state index contributed by atoms with van der Waals surface area (Å²) in [6.07, 6.45) is 2.62. The summed E-state index contributed by atoms with van der Waals surface area (Å²) in [4.78, 5) is 52.5. The molecule has 2 aromatic carbocycles. The number of hydrogen-bond acceptors (Lipinski definition) is 7. The minimum absolute atomic E-state index is 0.0562. The Kier molecular flexibility index (Phi) is 9.78. The van der Waals surface area contributed by atoms with Gasteiger partial charge in [0.05, 0.1) is 28.5 Å². The first-order chi connectivity index (χ1) is 19.9. The van der Waals surface area contributed by atoms with Gasteiger partial charge in [-0.05, 0) is 80.3 Å². The predicted octanol–water partition coefficient (Wildman–Crippen LogP) is 7.15. The van der Waals surface area contributed by atoms with Gasteiger partial charge in [-0.3, -0.25) is 9.59 Å². The van der Waals surface area contributed by atoms with Gasteiger partial charge in [-0.2, -0.15) is 0 Å². The number of carboxylic acid groups (broad SMARTS) is 1. The number of benzene rings is 2. The maximum absolute atomic E-state index is 13.3. The molecular weight excluding hydrogens is 572 g/mol. The summed E-state index contributed by atoms with van der Waals surface area (Å²) in [5, 5.41) is 15.2. The van der Waals surface area contributed by atoms with Crippen molar-refractivity contribution in [2.24, 2.45) is 11.3 Å². The molecule has 222 valence electrons. The Morgan fingerprint density at radius 2 is 1.79 bits per heavy atom. The SMILES string of the molecule is CCOC(=O)c1c(NC(=O)C(C)Sc2cccc(NC(=O)c3ccccc3C(=O)O)c2)sc2c1CCC(C(C)(C)C)C2. The summed E-state index contributed by atoms with van der Waals surface area (Å²) in [6.45, 7) is 10.5. The molecule has 1 aliphatic carbocycles. The maximum atomic E-state index is 13.3. The van der Waals surface area contributed by atoms with Crippen molar-refractivity contribution in [3.05, 3.63) is 75.7 Å². The third-order valence-corrected chi connectivity index (χ3v) is 9.65. The molecule has 2 atom stereocenters. The Morgan fingerprint density at radius 3 is 2.45 bits per heavy atom. The summed E-state index contributed by atoms with van der Waals surface area (Å²) < 4.78 is 5.37. The van der Waals surface area contributed by atoms with Gasteiger partial charge in [0, 0.05) is 15.5 Å². The number of nitrogens with one attached hydrogen (secondary N) is 2. The number of carbonyl (C=O) groups is 4. The second kappa shape index (κ2) is 13.1. The Morgan fingerprint density at radius 1 is 1.07 bits per heavy atom. The number of rotatable bonds is 9. The molecule has 2 amide bonds. The molecule has 0 radical (unpaired) electrons. The summed E-state index contributed by atoms with van der Waals surface area (Å²) in [7, 11) is 0. The number of fused-ring (bicyclic) bond motifs is 1. The quantitative estimate of drug-likeness (QED) is 0.174. The zero-order valence-electron chi connectivity index (χ0n) is 24.4. The third-order valence-electron chi connectivity index (χ3n) is 7.38. The van der Waals surface area contributed by atoms with E-state index in [2.05, 4.69) is 31.4 Å². The van der Waals surface area contributed by atoms with E-state index < -0.39 is 23.1 Å². The Hall–Kier alpha value is -3.63. The summed E-state index contributed by atoms with van der Waals surface area (Å²) in [5.74, 6) is -1.89. The molecule has 0 spiro atoms. The van der Waals surface area contributed by atoms with E-state index in [1.165, 1.54) is 35.2 Å². The largest absolute Gasteiger partial charge is 0.478 e. The summed E-state index contributed by atoms with van der Waals surface area (Å²) in [5.41, 5.74) is 2.05. The monoisotopic (exact) mass is 608 g/mol. The van der Waals surface area contributed by atoms with E-state index in [4.69, 9.17) is 4.74 Å². The fourth-order valence-corrected chi connectivity index (χ4v) is 7.26. The lowest BCUT2D eigenvalue weighted by atomic mass is 9.72. The van der Waals surface area contributed by atoms with Crippen LogP contribution < -0.4 is 10.6 Å². The zero-order valence-corrected chi connectivity index (χ0v) is 26.0. The molecule has 10 heteroatoms. The van der Waals surface area contributed by atoms with Crippen LogP contribution >= 0.6 is 23.1 Å².